The molecule has 2 aliphatic heterocycles. The van der Waals surface area contributed by atoms with E-state index in [0.29, 0.717) is 30.6 Å². The highest BCUT2D eigenvalue weighted by Crippen LogP contribution is 2.36. The summed E-state index contributed by atoms with van der Waals surface area (Å²) in [7, 11) is 0. The molecule has 1 aromatic carbocycles. The maximum atomic E-state index is 13.8. The van der Waals surface area contributed by atoms with Crippen LogP contribution in [-0.2, 0) is 35.2 Å². The summed E-state index contributed by atoms with van der Waals surface area (Å²) in [5, 5.41) is 3.87. The predicted molar refractivity (Wildman–Crippen MR) is 136 cm³/mol. The van der Waals surface area contributed by atoms with E-state index < -0.39 is 23.3 Å². The minimum absolute atomic E-state index is 0.0341. The van der Waals surface area contributed by atoms with Crippen molar-refractivity contribution in [3.8, 4) is 0 Å². The number of hydrogen-bond donors (Lipinski definition) is 0. The first-order chi connectivity index (χ1) is 18.2. The Kier molecular flexibility index (Phi) is 8.28. The van der Waals surface area contributed by atoms with Crippen molar-refractivity contribution in [2.75, 3.05) is 13.1 Å². The second-order valence-electron chi connectivity index (χ2n) is 11.5. The molecule has 0 radical (unpaired) electrons. The lowest BCUT2D eigenvalue weighted by atomic mass is 9.87. The summed E-state index contributed by atoms with van der Waals surface area (Å²) < 4.78 is 61.4. The van der Waals surface area contributed by atoms with Crippen LogP contribution in [0.4, 0.5) is 22.4 Å². The molecule has 2 aliphatic rings. The van der Waals surface area contributed by atoms with E-state index in [2.05, 4.69) is 5.10 Å². The van der Waals surface area contributed by atoms with Crippen LogP contribution in [-0.4, -0.2) is 56.3 Å². The third kappa shape index (κ3) is 6.91. The van der Waals surface area contributed by atoms with Crippen LogP contribution in [0.15, 0.2) is 24.3 Å². The molecule has 0 N–H and O–H groups in total. The topological polar surface area (TPSA) is 67.7 Å². The Hall–Kier alpha value is -3.11. The summed E-state index contributed by atoms with van der Waals surface area (Å²) in [5.41, 5.74) is -0.430. The summed E-state index contributed by atoms with van der Waals surface area (Å²) in [6.45, 7) is 8.23. The second-order valence-corrected chi connectivity index (χ2v) is 11.5. The zero-order valence-corrected chi connectivity index (χ0v) is 22.9. The average molecular weight is 553 g/mol. The highest BCUT2D eigenvalue weighted by molar-refractivity contribution is 5.77. The number of halogens is 4. The average Bonchev–Trinajstić information content (AvgIpc) is 3.22. The monoisotopic (exact) mass is 552 g/mol. The SMILES string of the molecule is CCC1CC(CC(=O)N2CCc3c(C(F)(F)F)nn(Cc4ccc(F)cc4)c3C2)CCN1C(=O)OC(C)(C)C. The predicted octanol–water partition coefficient (Wildman–Crippen LogP) is 5.79. The first kappa shape index (κ1) is 28.9. The zero-order valence-electron chi connectivity index (χ0n) is 22.9. The molecule has 7 nitrogen and oxygen atoms in total. The first-order valence-electron chi connectivity index (χ1n) is 13.4. The Bertz CT molecular complexity index is 1190. The number of hydrogen-bond acceptors (Lipinski definition) is 4. The Morgan fingerprint density at radius 2 is 1.79 bits per heavy atom. The van der Waals surface area contributed by atoms with Crippen LogP contribution in [0.5, 0.6) is 0 Å². The number of amides is 2. The summed E-state index contributed by atoms with van der Waals surface area (Å²) >= 11 is 0. The molecule has 2 amide bonds. The van der Waals surface area contributed by atoms with Crippen molar-refractivity contribution >= 4 is 12.0 Å². The van der Waals surface area contributed by atoms with E-state index in [1.54, 1.807) is 9.80 Å². The van der Waals surface area contributed by atoms with Crippen LogP contribution in [0, 0.1) is 11.7 Å². The zero-order chi connectivity index (χ0) is 28.5. The van der Waals surface area contributed by atoms with Gasteiger partial charge in [0.1, 0.15) is 11.4 Å². The van der Waals surface area contributed by atoms with E-state index in [1.807, 2.05) is 27.7 Å². The standard InChI is InChI=1S/C28H36F4N4O3/c1-5-21-14-19(10-13-35(21)26(38)39-27(2,3)4)15-24(37)34-12-11-22-23(17-34)36(33-25(22)28(30,31)32)16-18-6-8-20(29)9-7-18/h6-9,19,21H,5,10-17H2,1-4H3. The van der Waals surface area contributed by atoms with Gasteiger partial charge in [0.25, 0.3) is 0 Å². The molecule has 1 saturated heterocycles. The lowest BCUT2D eigenvalue weighted by Crippen LogP contribution is -2.48. The molecule has 0 aliphatic carbocycles. The molecule has 11 heteroatoms. The molecule has 214 valence electrons. The van der Waals surface area contributed by atoms with Gasteiger partial charge in [-0.3, -0.25) is 9.48 Å². The van der Waals surface area contributed by atoms with Gasteiger partial charge >= 0.3 is 12.3 Å². The molecule has 0 saturated carbocycles. The highest BCUT2D eigenvalue weighted by Gasteiger charge is 2.41. The molecule has 2 unspecified atom stereocenters. The van der Waals surface area contributed by atoms with E-state index in [1.165, 1.54) is 28.9 Å². The number of likely N-dealkylation sites (tertiary alicyclic amines) is 1. The fourth-order valence-corrected chi connectivity index (χ4v) is 5.46. The quantitative estimate of drug-likeness (QED) is 0.441. The summed E-state index contributed by atoms with van der Waals surface area (Å²) in [6, 6.07) is 5.49. The van der Waals surface area contributed by atoms with Crippen molar-refractivity contribution < 1.29 is 31.9 Å². The van der Waals surface area contributed by atoms with Crippen molar-refractivity contribution in [1.82, 2.24) is 19.6 Å². The Balaban J connectivity index is 1.45. The van der Waals surface area contributed by atoms with Crippen LogP contribution in [0.3, 0.4) is 0 Å². The molecular weight excluding hydrogens is 516 g/mol. The van der Waals surface area contributed by atoms with E-state index in [-0.39, 0.29) is 62.0 Å². The van der Waals surface area contributed by atoms with Gasteiger partial charge in [0.2, 0.25) is 5.91 Å². The van der Waals surface area contributed by atoms with Crippen molar-refractivity contribution in [3.05, 3.63) is 52.6 Å². The van der Waals surface area contributed by atoms with Crippen LogP contribution in [0.2, 0.25) is 0 Å². The number of rotatable bonds is 5. The number of carbonyl (C=O) groups excluding carboxylic acids is 2. The van der Waals surface area contributed by atoms with Gasteiger partial charge in [0, 0.05) is 31.1 Å². The molecule has 1 aromatic heterocycles. The van der Waals surface area contributed by atoms with Gasteiger partial charge in [-0.15, -0.1) is 0 Å². The van der Waals surface area contributed by atoms with Crippen LogP contribution in [0.25, 0.3) is 0 Å². The third-order valence-corrected chi connectivity index (χ3v) is 7.39. The summed E-state index contributed by atoms with van der Waals surface area (Å²) in [5.74, 6) is -0.483. The van der Waals surface area contributed by atoms with Crippen LogP contribution < -0.4 is 0 Å². The fourth-order valence-electron chi connectivity index (χ4n) is 5.46. The lowest BCUT2D eigenvalue weighted by molar-refractivity contribution is -0.142. The normalized spacial score (nSPS) is 20.1. The van der Waals surface area contributed by atoms with Crippen molar-refractivity contribution in [2.45, 2.75) is 90.7 Å². The highest BCUT2D eigenvalue weighted by atomic mass is 19.4. The Morgan fingerprint density at radius 1 is 1.10 bits per heavy atom. The maximum absolute atomic E-state index is 13.8. The third-order valence-electron chi connectivity index (χ3n) is 7.39. The first-order valence-corrected chi connectivity index (χ1v) is 13.4. The number of carbonyl (C=O) groups is 2. The fraction of sp³-hybridized carbons (Fsp3) is 0.607. The number of alkyl halides is 3. The molecular formula is C28H36F4N4O3. The largest absolute Gasteiger partial charge is 0.444 e. The van der Waals surface area contributed by atoms with Crippen LogP contribution in [0.1, 0.15) is 75.9 Å². The number of benzene rings is 1. The number of fused-ring (bicyclic) bond motifs is 1. The van der Waals surface area contributed by atoms with Gasteiger partial charge in [0.05, 0.1) is 18.8 Å². The number of nitrogens with zero attached hydrogens (tertiary/aromatic N) is 4. The van der Waals surface area contributed by atoms with Gasteiger partial charge in [-0.25, -0.2) is 9.18 Å². The molecule has 4 rings (SSSR count). The molecule has 2 atom stereocenters. The van der Waals surface area contributed by atoms with Gasteiger partial charge in [0.15, 0.2) is 5.69 Å². The lowest BCUT2D eigenvalue weighted by Gasteiger charge is -2.40. The minimum Gasteiger partial charge on any atom is -0.444 e. The van der Waals surface area contributed by atoms with E-state index in [0.717, 1.165) is 6.42 Å². The number of piperidine rings is 1. The summed E-state index contributed by atoms with van der Waals surface area (Å²) in [6.07, 6.45) is -2.57. The smallest absolute Gasteiger partial charge is 0.435 e. The van der Waals surface area contributed by atoms with E-state index in [9.17, 15) is 27.2 Å². The number of ether oxygens (including phenoxy) is 1. The number of aromatic nitrogens is 2. The van der Waals surface area contributed by atoms with Gasteiger partial charge in [-0.1, -0.05) is 19.1 Å². The van der Waals surface area contributed by atoms with Crippen molar-refractivity contribution in [3.63, 3.8) is 0 Å². The van der Waals surface area contributed by atoms with Crippen molar-refractivity contribution in [2.24, 2.45) is 5.92 Å². The van der Waals surface area contributed by atoms with Crippen molar-refractivity contribution in [1.29, 1.82) is 0 Å². The Morgan fingerprint density at radius 3 is 2.41 bits per heavy atom. The van der Waals surface area contributed by atoms with Crippen LogP contribution >= 0.6 is 0 Å². The van der Waals surface area contributed by atoms with E-state index >= 15 is 0 Å². The molecule has 1 fully saturated rings. The van der Waals surface area contributed by atoms with E-state index in [4.69, 9.17) is 4.74 Å². The molecule has 0 spiro atoms. The maximum Gasteiger partial charge on any atom is 0.435 e. The molecule has 39 heavy (non-hydrogen) atoms. The molecule has 0 bridgehead atoms. The Labute approximate surface area is 226 Å². The van der Waals surface area contributed by atoms with Gasteiger partial charge in [-0.05, 0) is 70.1 Å². The van der Waals surface area contributed by atoms with Gasteiger partial charge < -0.3 is 14.5 Å². The van der Waals surface area contributed by atoms with Gasteiger partial charge in [-0.2, -0.15) is 18.3 Å². The molecule has 2 aromatic rings. The minimum atomic E-state index is -4.61. The molecule has 3 heterocycles. The summed E-state index contributed by atoms with van der Waals surface area (Å²) in [4.78, 5) is 29.3. The second kappa shape index (κ2) is 11.2.